The molecule has 0 atom stereocenters. The Morgan fingerprint density at radius 1 is 1.00 bits per heavy atom. The molecule has 2 aromatic rings. The fourth-order valence-electron chi connectivity index (χ4n) is 1.32. The molecule has 0 aliphatic carbocycles. The van der Waals surface area contributed by atoms with Gasteiger partial charge in [0.25, 0.3) is 0 Å². The number of rotatable bonds is 1. The third kappa shape index (κ3) is 2.09. The van der Waals surface area contributed by atoms with Crippen LogP contribution in [0.3, 0.4) is 0 Å². The van der Waals surface area contributed by atoms with Crippen LogP contribution in [0.25, 0.3) is 11.1 Å². The van der Waals surface area contributed by atoms with E-state index in [0.717, 1.165) is 0 Å². The number of nitrogens with zero attached hydrogens (tertiary/aromatic N) is 1. The van der Waals surface area contributed by atoms with Crippen LogP contribution in [0.5, 0.6) is 5.75 Å². The molecule has 5 heteroatoms. The predicted octanol–water partition coefficient (Wildman–Crippen LogP) is 4.41. The van der Waals surface area contributed by atoms with Gasteiger partial charge in [-0.1, -0.05) is 40.9 Å². The topological polar surface area (TPSA) is 33.1 Å². The highest BCUT2D eigenvalue weighted by Crippen LogP contribution is 2.38. The zero-order chi connectivity index (χ0) is 11.7. The van der Waals surface area contributed by atoms with Crippen molar-refractivity contribution in [3.8, 4) is 16.9 Å². The Morgan fingerprint density at radius 2 is 1.75 bits per heavy atom. The summed E-state index contributed by atoms with van der Waals surface area (Å²) in [5.74, 6) is 0.0691. The summed E-state index contributed by atoms with van der Waals surface area (Å²) in [6, 6.07) is 4.93. The second-order valence-corrected chi connectivity index (χ2v) is 4.32. The van der Waals surface area contributed by atoms with Gasteiger partial charge in [-0.25, -0.2) is 0 Å². The van der Waals surface area contributed by atoms with E-state index in [4.69, 9.17) is 34.8 Å². The minimum absolute atomic E-state index is 0.0691. The summed E-state index contributed by atoms with van der Waals surface area (Å²) in [7, 11) is 0. The molecule has 0 unspecified atom stereocenters. The zero-order valence-corrected chi connectivity index (χ0v) is 10.2. The summed E-state index contributed by atoms with van der Waals surface area (Å²) in [5.41, 5.74) is 1.36. The largest absolute Gasteiger partial charge is 0.506 e. The molecule has 0 saturated carbocycles. The van der Waals surface area contributed by atoms with Gasteiger partial charge in [0, 0.05) is 17.3 Å². The highest BCUT2D eigenvalue weighted by atomic mass is 35.5. The highest BCUT2D eigenvalue weighted by molar-refractivity contribution is 6.49. The molecule has 1 heterocycles. The zero-order valence-electron chi connectivity index (χ0n) is 7.92. The molecule has 1 aromatic heterocycles. The molecule has 0 aliphatic rings. The van der Waals surface area contributed by atoms with Gasteiger partial charge >= 0.3 is 0 Å². The van der Waals surface area contributed by atoms with Crippen molar-refractivity contribution < 1.29 is 5.11 Å². The standard InChI is InChI=1S/C11H6Cl3NO/c12-9-2-1-8(10(13)11(9)14)6-3-7(16)5-15-4-6/h1-5,16H. The first-order valence-electron chi connectivity index (χ1n) is 4.37. The van der Waals surface area contributed by atoms with E-state index in [1.54, 1.807) is 24.4 Å². The first-order valence-corrected chi connectivity index (χ1v) is 5.51. The Bertz CT molecular complexity index is 543. The van der Waals surface area contributed by atoms with Gasteiger partial charge in [0.2, 0.25) is 0 Å². The van der Waals surface area contributed by atoms with Crippen LogP contribution < -0.4 is 0 Å². The summed E-state index contributed by atoms with van der Waals surface area (Å²) in [6.45, 7) is 0. The average molecular weight is 275 g/mol. The van der Waals surface area contributed by atoms with Crippen LogP contribution in [0.2, 0.25) is 15.1 Å². The van der Waals surface area contributed by atoms with E-state index in [0.29, 0.717) is 26.2 Å². The molecule has 2 nitrogen and oxygen atoms in total. The quantitative estimate of drug-likeness (QED) is 0.781. The summed E-state index contributed by atoms with van der Waals surface area (Å²) in [4.78, 5) is 3.87. The van der Waals surface area contributed by atoms with Gasteiger partial charge < -0.3 is 5.11 Å². The lowest BCUT2D eigenvalue weighted by molar-refractivity contribution is 0.473. The van der Waals surface area contributed by atoms with Gasteiger partial charge in [-0.2, -0.15) is 0 Å². The van der Waals surface area contributed by atoms with Gasteiger partial charge in [-0.15, -0.1) is 0 Å². The first kappa shape index (κ1) is 11.5. The number of benzene rings is 1. The molecule has 0 saturated heterocycles. The average Bonchev–Trinajstić information content (AvgIpc) is 2.26. The minimum Gasteiger partial charge on any atom is -0.506 e. The Morgan fingerprint density at radius 3 is 2.44 bits per heavy atom. The number of halogens is 3. The summed E-state index contributed by atoms with van der Waals surface area (Å²) in [6.07, 6.45) is 2.93. The van der Waals surface area contributed by atoms with Gasteiger partial charge in [-0.3, -0.25) is 4.98 Å². The molecule has 0 radical (unpaired) electrons. The van der Waals surface area contributed by atoms with Crippen LogP contribution in [0.1, 0.15) is 0 Å². The molecule has 1 N–H and O–H groups in total. The first-order chi connectivity index (χ1) is 7.59. The Hall–Kier alpha value is -0.960. The Balaban J connectivity index is 2.61. The van der Waals surface area contributed by atoms with Crippen LogP contribution in [0.4, 0.5) is 0 Å². The number of aromatic nitrogens is 1. The van der Waals surface area contributed by atoms with Gasteiger partial charge in [-0.05, 0) is 12.1 Å². The normalized spacial score (nSPS) is 10.4. The summed E-state index contributed by atoms with van der Waals surface area (Å²) >= 11 is 17.8. The van der Waals surface area contributed by atoms with E-state index in [9.17, 15) is 5.11 Å². The van der Waals surface area contributed by atoms with Crippen molar-refractivity contribution in [3.63, 3.8) is 0 Å². The monoisotopic (exact) mass is 273 g/mol. The lowest BCUT2D eigenvalue weighted by Crippen LogP contribution is -1.83. The van der Waals surface area contributed by atoms with Gasteiger partial charge in [0.15, 0.2) is 0 Å². The van der Waals surface area contributed by atoms with Crippen molar-refractivity contribution in [1.82, 2.24) is 4.98 Å². The van der Waals surface area contributed by atoms with Crippen LogP contribution >= 0.6 is 34.8 Å². The maximum atomic E-state index is 9.32. The van der Waals surface area contributed by atoms with E-state index in [1.165, 1.54) is 6.20 Å². The second kappa shape index (κ2) is 4.50. The highest BCUT2D eigenvalue weighted by Gasteiger charge is 2.10. The van der Waals surface area contributed by atoms with Crippen LogP contribution in [0.15, 0.2) is 30.6 Å². The molecule has 0 aliphatic heterocycles. The number of hydrogen-bond acceptors (Lipinski definition) is 2. The Kier molecular flexibility index (Phi) is 3.24. The van der Waals surface area contributed by atoms with Crippen molar-refractivity contribution in [2.45, 2.75) is 0 Å². The SMILES string of the molecule is Oc1cncc(-c2ccc(Cl)c(Cl)c2Cl)c1. The molecule has 0 spiro atoms. The third-order valence-electron chi connectivity index (χ3n) is 2.07. The van der Waals surface area contributed by atoms with E-state index < -0.39 is 0 Å². The number of pyridine rings is 1. The van der Waals surface area contributed by atoms with Crippen molar-refractivity contribution in [2.24, 2.45) is 0 Å². The summed E-state index contributed by atoms with van der Waals surface area (Å²) in [5, 5.41) is 10.4. The Labute approximate surface area is 107 Å². The molecular formula is C11H6Cl3NO. The van der Waals surface area contributed by atoms with E-state index >= 15 is 0 Å². The van der Waals surface area contributed by atoms with Gasteiger partial charge in [0.1, 0.15) is 5.75 Å². The molecule has 16 heavy (non-hydrogen) atoms. The van der Waals surface area contributed by atoms with Crippen LogP contribution in [0, 0.1) is 0 Å². The van der Waals surface area contributed by atoms with Crippen molar-refractivity contribution >= 4 is 34.8 Å². The van der Waals surface area contributed by atoms with Crippen molar-refractivity contribution in [2.75, 3.05) is 0 Å². The second-order valence-electron chi connectivity index (χ2n) is 3.15. The molecular weight excluding hydrogens is 268 g/mol. The molecule has 82 valence electrons. The van der Waals surface area contributed by atoms with Crippen LogP contribution in [-0.2, 0) is 0 Å². The number of hydrogen-bond donors (Lipinski definition) is 1. The molecule has 0 bridgehead atoms. The lowest BCUT2D eigenvalue weighted by Gasteiger charge is -2.07. The molecule has 1 aromatic carbocycles. The van der Waals surface area contributed by atoms with Crippen molar-refractivity contribution in [3.05, 3.63) is 45.7 Å². The maximum absolute atomic E-state index is 9.32. The predicted molar refractivity (Wildman–Crippen MR) is 66.4 cm³/mol. The fourth-order valence-corrected chi connectivity index (χ4v) is 1.97. The molecule has 0 amide bonds. The lowest BCUT2D eigenvalue weighted by atomic mass is 10.1. The van der Waals surface area contributed by atoms with E-state index in [2.05, 4.69) is 4.98 Å². The minimum atomic E-state index is 0.0691. The molecule has 2 rings (SSSR count). The number of aromatic hydroxyl groups is 1. The van der Waals surface area contributed by atoms with Crippen LogP contribution in [-0.4, -0.2) is 10.1 Å². The third-order valence-corrected chi connectivity index (χ3v) is 3.36. The summed E-state index contributed by atoms with van der Waals surface area (Å²) < 4.78 is 0. The smallest absolute Gasteiger partial charge is 0.134 e. The van der Waals surface area contributed by atoms with Gasteiger partial charge in [0.05, 0.1) is 21.3 Å². The maximum Gasteiger partial charge on any atom is 0.134 e. The molecule has 0 fully saturated rings. The fraction of sp³-hybridized carbons (Fsp3) is 0. The van der Waals surface area contributed by atoms with Crippen molar-refractivity contribution in [1.29, 1.82) is 0 Å². The van der Waals surface area contributed by atoms with E-state index in [-0.39, 0.29) is 5.75 Å². The van der Waals surface area contributed by atoms with E-state index in [1.807, 2.05) is 0 Å².